The molecule has 2 heteroatoms. The summed E-state index contributed by atoms with van der Waals surface area (Å²) in [5.41, 5.74) is 0. The fourth-order valence-corrected chi connectivity index (χ4v) is 3.11. The van der Waals surface area contributed by atoms with Crippen LogP contribution >= 0.6 is 0 Å². The highest BCUT2D eigenvalue weighted by molar-refractivity contribution is 5.04. The van der Waals surface area contributed by atoms with Gasteiger partial charge in [0, 0.05) is 0 Å². The first-order valence-electron chi connectivity index (χ1n) is 7.48. The fraction of sp³-hybridized carbons (Fsp3) is 0.750. The first-order valence-corrected chi connectivity index (χ1v) is 7.48. The maximum Gasteiger partial charge on any atom is 0.0721 e. The van der Waals surface area contributed by atoms with Crippen LogP contribution in [0.2, 0.25) is 0 Å². The Bertz CT molecular complexity index is 265. The van der Waals surface area contributed by atoms with Crippen molar-refractivity contribution in [3.05, 3.63) is 24.3 Å². The van der Waals surface area contributed by atoms with Gasteiger partial charge in [0.1, 0.15) is 0 Å². The molecule has 0 saturated carbocycles. The Morgan fingerprint density at radius 3 is 1.39 bits per heavy atom. The van der Waals surface area contributed by atoms with Gasteiger partial charge in [-0.05, 0) is 37.5 Å². The number of hydrogen-bond donors (Lipinski definition) is 2. The van der Waals surface area contributed by atoms with E-state index >= 15 is 0 Å². The number of aliphatic hydroxyl groups is 2. The summed E-state index contributed by atoms with van der Waals surface area (Å²) in [7, 11) is 0. The first kappa shape index (κ1) is 13.8. The van der Waals surface area contributed by atoms with Gasteiger partial charge in [0.2, 0.25) is 0 Å². The van der Waals surface area contributed by atoms with Crippen molar-refractivity contribution in [2.24, 2.45) is 11.8 Å². The second-order valence-electron chi connectivity index (χ2n) is 5.80. The van der Waals surface area contributed by atoms with Crippen LogP contribution in [0, 0.1) is 11.8 Å². The van der Waals surface area contributed by atoms with Gasteiger partial charge in [-0.3, -0.25) is 0 Å². The molecule has 2 nitrogen and oxygen atoms in total. The molecule has 0 saturated heterocycles. The van der Waals surface area contributed by atoms with Crippen molar-refractivity contribution < 1.29 is 10.2 Å². The van der Waals surface area contributed by atoms with Gasteiger partial charge in [0.15, 0.2) is 0 Å². The van der Waals surface area contributed by atoms with Crippen molar-refractivity contribution in [2.75, 3.05) is 0 Å². The maximum atomic E-state index is 9.73. The average Bonchev–Trinajstić information content (AvgIpc) is 2.31. The fourth-order valence-electron chi connectivity index (χ4n) is 3.11. The van der Waals surface area contributed by atoms with Crippen LogP contribution in [-0.2, 0) is 0 Å². The highest BCUT2D eigenvalue weighted by Gasteiger charge is 2.20. The van der Waals surface area contributed by atoms with E-state index in [2.05, 4.69) is 12.2 Å². The molecule has 0 radical (unpaired) electrons. The van der Waals surface area contributed by atoms with Crippen molar-refractivity contribution in [1.29, 1.82) is 0 Å². The van der Waals surface area contributed by atoms with Crippen LogP contribution in [0.15, 0.2) is 24.3 Å². The first-order chi connectivity index (χ1) is 8.75. The predicted octanol–water partition coefficient (Wildman–Crippen LogP) is 3.20. The van der Waals surface area contributed by atoms with Gasteiger partial charge >= 0.3 is 0 Å². The van der Waals surface area contributed by atoms with E-state index in [4.69, 9.17) is 0 Å². The Balaban J connectivity index is 2.02. The van der Waals surface area contributed by atoms with Gasteiger partial charge in [0.25, 0.3) is 0 Å². The SMILES string of the molecule is O[C@@H]1/C=C\[C@@H]([C@H]2/C=C\[C@H](O)CCCC2)CCCC1. The molecule has 0 bridgehead atoms. The molecule has 2 aliphatic carbocycles. The van der Waals surface area contributed by atoms with E-state index < -0.39 is 0 Å². The molecule has 0 fully saturated rings. The van der Waals surface area contributed by atoms with Gasteiger partial charge in [-0.15, -0.1) is 0 Å². The normalized spacial score (nSPS) is 42.1. The summed E-state index contributed by atoms with van der Waals surface area (Å²) in [6.45, 7) is 0. The lowest BCUT2D eigenvalue weighted by Crippen LogP contribution is -2.17. The van der Waals surface area contributed by atoms with E-state index in [1.165, 1.54) is 25.7 Å². The molecule has 0 amide bonds. The summed E-state index contributed by atoms with van der Waals surface area (Å²) in [5, 5.41) is 19.5. The Morgan fingerprint density at radius 1 is 0.556 bits per heavy atom. The van der Waals surface area contributed by atoms with Gasteiger partial charge in [0.05, 0.1) is 12.2 Å². The van der Waals surface area contributed by atoms with Crippen molar-refractivity contribution in [2.45, 2.75) is 63.6 Å². The Hall–Kier alpha value is -0.600. The lowest BCUT2D eigenvalue weighted by atomic mass is 9.81. The molecule has 0 heterocycles. The molecule has 2 aliphatic rings. The van der Waals surface area contributed by atoms with Gasteiger partial charge in [-0.25, -0.2) is 0 Å². The lowest BCUT2D eigenvalue weighted by Gasteiger charge is -2.26. The Morgan fingerprint density at radius 2 is 0.944 bits per heavy atom. The molecule has 0 spiro atoms. The average molecular weight is 250 g/mol. The van der Waals surface area contributed by atoms with Crippen molar-refractivity contribution in [3.8, 4) is 0 Å². The van der Waals surface area contributed by atoms with Crippen LogP contribution in [0.25, 0.3) is 0 Å². The molecule has 2 N–H and O–H groups in total. The van der Waals surface area contributed by atoms with Crippen molar-refractivity contribution in [3.63, 3.8) is 0 Å². The molecule has 0 unspecified atom stereocenters. The molecular formula is C16H26O2. The van der Waals surface area contributed by atoms with Crippen molar-refractivity contribution in [1.82, 2.24) is 0 Å². The van der Waals surface area contributed by atoms with Crippen LogP contribution in [-0.4, -0.2) is 22.4 Å². The standard InChI is InChI=1S/C16H26O2/c17-15-7-3-1-5-13(9-11-15)14-6-2-4-8-16(18)12-10-14/h9-18H,1-8H2/b11-9-,12-10-/t13-,14+,15-,16+. The molecule has 2 rings (SSSR count). The third-order valence-electron chi connectivity index (χ3n) is 4.29. The summed E-state index contributed by atoms with van der Waals surface area (Å²) in [5.74, 6) is 1.09. The van der Waals surface area contributed by atoms with E-state index in [9.17, 15) is 10.2 Å². The van der Waals surface area contributed by atoms with Crippen LogP contribution in [0.4, 0.5) is 0 Å². The largest absolute Gasteiger partial charge is 0.389 e. The summed E-state index contributed by atoms with van der Waals surface area (Å²) in [6.07, 6.45) is 16.8. The zero-order valence-corrected chi connectivity index (χ0v) is 11.2. The maximum absolute atomic E-state index is 9.73. The zero-order valence-electron chi connectivity index (χ0n) is 11.2. The third kappa shape index (κ3) is 4.25. The van der Waals surface area contributed by atoms with Crippen LogP contribution in [0.1, 0.15) is 51.4 Å². The smallest absolute Gasteiger partial charge is 0.0721 e. The molecule has 0 aromatic heterocycles. The van der Waals surface area contributed by atoms with E-state index in [-0.39, 0.29) is 12.2 Å². The molecule has 0 aromatic carbocycles. The highest BCUT2D eigenvalue weighted by Crippen LogP contribution is 2.30. The van der Waals surface area contributed by atoms with E-state index in [1.807, 2.05) is 12.2 Å². The van der Waals surface area contributed by atoms with E-state index in [0.29, 0.717) is 11.8 Å². The van der Waals surface area contributed by atoms with Gasteiger partial charge in [-0.1, -0.05) is 50.0 Å². The summed E-state index contributed by atoms with van der Waals surface area (Å²) >= 11 is 0. The summed E-state index contributed by atoms with van der Waals surface area (Å²) in [6, 6.07) is 0. The number of allylic oxidation sites excluding steroid dienone is 2. The Labute approximate surface area is 110 Å². The highest BCUT2D eigenvalue weighted by atomic mass is 16.3. The third-order valence-corrected chi connectivity index (χ3v) is 4.29. The minimum Gasteiger partial charge on any atom is -0.389 e. The summed E-state index contributed by atoms with van der Waals surface area (Å²) in [4.78, 5) is 0. The molecule has 4 atom stereocenters. The zero-order chi connectivity index (χ0) is 12.8. The second-order valence-corrected chi connectivity index (χ2v) is 5.80. The van der Waals surface area contributed by atoms with Crippen LogP contribution in [0.5, 0.6) is 0 Å². The van der Waals surface area contributed by atoms with Crippen LogP contribution in [0.3, 0.4) is 0 Å². The Kier molecular flexibility index (Phi) is 5.45. The molecule has 102 valence electrons. The van der Waals surface area contributed by atoms with E-state index in [0.717, 1.165) is 25.7 Å². The summed E-state index contributed by atoms with van der Waals surface area (Å²) < 4.78 is 0. The number of hydrogen-bond acceptors (Lipinski definition) is 2. The monoisotopic (exact) mass is 250 g/mol. The van der Waals surface area contributed by atoms with E-state index in [1.54, 1.807) is 0 Å². The number of rotatable bonds is 1. The lowest BCUT2D eigenvalue weighted by molar-refractivity contribution is 0.195. The molecule has 0 aliphatic heterocycles. The van der Waals surface area contributed by atoms with Crippen molar-refractivity contribution >= 4 is 0 Å². The predicted molar refractivity (Wildman–Crippen MR) is 74.2 cm³/mol. The van der Waals surface area contributed by atoms with Crippen LogP contribution < -0.4 is 0 Å². The number of aliphatic hydroxyl groups excluding tert-OH is 2. The quantitative estimate of drug-likeness (QED) is 0.702. The topological polar surface area (TPSA) is 40.5 Å². The molecule has 18 heavy (non-hydrogen) atoms. The molecule has 0 aromatic rings. The minimum absolute atomic E-state index is 0.254. The van der Waals surface area contributed by atoms with Gasteiger partial charge in [-0.2, -0.15) is 0 Å². The minimum atomic E-state index is -0.254. The second kappa shape index (κ2) is 7.10. The molecular weight excluding hydrogens is 224 g/mol. The van der Waals surface area contributed by atoms with Gasteiger partial charge < -0.3 is 10.2 Å².